The number of hydrogen-bond acceptors (Lipinski definition) is 3. The SMILES string of the molecule is CC(NC(N)=O)C(=O)NC1CCC(C(=O)O)CC1. The molecule has 0 heterocycles. The van der Waals surface area contributed by atoms with Gasteiger partial charge < -0.3 is 21.5 Å². The number of nitrogens with one attached hydrogen (secondary N) is 2. The highest BCUT2D eigenvalue weighted by molar-refractivity contribution is 5.86. The Morgan fingerprint density at radius 1 is 1.22 bits per heavy atom. The van der Waals surface area contributed by atoms with Crippen LogP contribution in [-0.2, 0) is 9.59 Å². The number of carboxylic acids is 1. The van der Waals surface area contributed by atoms with Crippen LogP contribution in [0.4, 0.5) is 4.79 Å². The van der Waals surface area contributed by atoms with Gasteiger partial charge in [0, 0.05) is 6.04 Å². The summed E-state index contributed by atoms with van der Waals surface area (Å²) in [6.45, 7) is 1.54. The number of hydrogen-bond donors (Lipinski definition) is 4. The van der Waals surface area contributed by atoms with E-state index in [0.29, 0.717) is 25.7 Å². The molecule has 0 spiro atoms. The molecular weight excluding hydrogens is 238 g/mol. The maximum Gasteiger partial charge on any atom is 0.312 e. The summed E-state index contributed by atoms with van der Waals surface area (Å²) < 4.78 is 0. The van der Waals surface area contributed by atoms with Crippen molar-refractivity contribution < 1.29 is 19.5 Å². The molecular formula is C11H19N3O4. The van der Waals surface area contributed by atoms with Crippen molar-refractivity contribution in [2.24, 2.45) is 11.7 Å². The van der Waals surface area contributed by atoms with Crippen molar-refractivity contribution in [1.29, 1.82) is 0 Å². The van der Waals surface area contributed by atoms with Crippen molar-refractivity contribution in [1.82, 2.24) is 10.6 Å². The number of carbonyl (C=O) groups excluding carboxylic acids is 2. The topological polar surface area (TPSA) is 122 Å². The zero-order valence-electron chi connectivity index (χ0n) is 10.3. The van der Waals surface area contributed by atoms with Crippen molar-refractivity contribution in [3.05, 3.63) is 0 Å². The van der Waals surface area contributed by atoms with E-state index >= 15 is 0 Å². The summed E-state index contributed by atoms with van der Waals surface area (Å²) in [5.74, 6) is -1.38. The molecule has 7 nitrogen and oxygen atoms in total. The number of amides is 3. The lowest BCUT2D eigenvalue weighted by Gasteiger charge is -2.27. The largest absolute Gasteiger partial charge is 0.481 e. The molecule has 0 aromatic carbocycles. The van der Waals surface area contributed by atoms with Gasteiger partial charge in [-0.1, -0.05) is 0 Å². The first kappa shape index (κ1) is 14.3. The normalized spacial score (nSPS) is 24.9. The zero-order chi connectivity index (χ0) is 13.7. The number of primary amides is 1. The van der Waals surface area contributed by atoms with E-state index in [1.807, 2.05) is 0 Å². The Morgan fingerprint density at radius 2 is 1.78 bits per heavy atom. The van der Waals surface area contributed by atoms with Crippen molar-refractivity contribution in [3.8, 4) is 0 Å². The average Bonchev–Trinajstić information content (AvgIpc) is 2.28. The molecule has 1 fully saturated rings. The highest BCUT2D eigenvalue weighted by atomic mass is 16.4. The third-order valence-electron chi connectivity index (χ3n) is 3.17. The number of rotatable bonds is 4. The maximum atomic E-state index is 11.7. The van der Waals surface area contributed by atoms with E-state index in [1.165, 1.54) is 0 Å². The van der Waals surface area contributed by atoms with E-state index in [2.05, 4.69) is 10.6 Å². The summed E-state index contributed by atoms with van der Waals surface area (Å²) in [6, 6.07) is -1.45. The quantitative estimate of drug-likeness (QED) is 0.557. The molecule has 1 aliphatic carbocycles. The van der Waals surface area contributed by atoms with Crippen LogP contribution in [0.3, 0.4) is 0 Å². The van der Waals surface area contributed by atoms with Gasteiger partial charge in [0.15, 0.2) is 0 Å². The fourth-order valence-electron chi connectivity index (χ4n) is 2.09. The van der Waals surface area contributed by atoms with E-state index in [4.69, 9.17) is 10.8 Å². The Hall–Kier alpha value is -1.79. The van der Waals surface area contributed by atoms with Gasteiger partial charge in [0.25, 0.3) is 0 Å². The Kier molecular flexibility index (Phi) is 4.94. The van der Waals surface area contributed by atoms with Crippen LogP contribution < -0.4 is 16.4 Å². The van der Waals surface area contributed by atoms with Crippen LogP contribution in [0.15, 0.2) is 0 Å². The van der Waals surface area contributed by atoms with E-state index in [-0.39, 0.29) is 17.9 Å². The second-order valence-electron chi connectivity index (χ2n) is 4.63. The number of aliphatic carboxylic acids is 1. The minimum absolute atomic E-state index is 0.0229. The van der Waals surface area contributed by atoms with Crippen LogP contribution >= 0.6 is 0 Å². The Bertz CT molecular complexity index is 337. The summed E-state index contributed by atoms with van der Waals surface area (Å²) in [4.78, 5) is 33.0. The highest BCUT2D eigenvalue weighted by Crippen LogP contribution is 2.24. The lowest BCUT2D eigenvalue weighted by Crippen LogP contribution is -2.50. The molecule has 1 aliphatic rings. The van der Waals surface area contributed by atoms with Gasteiger partial charge >= 0.3 is 12.0 Å². The van der Waals surface area contributed by atoms with Crippen molar-refractivity contribution in [2.45, 2.75) is 44.7 Å². The Labute approximate surface area is 105 Å². The Balaban J connectivity index is 2.34. The molecule has 102 valence electrons. The first-order valence-corrected chi connectivity index (χ1v) is 5.99. The van der Waals surface area contributed by atoms with Crippen molar-refractivity contribution in [3.63, 3.8) is 0 Å². The molecule has 3 amide bonds. The molecule has 1 saturated carbocycles. The third-order valence-corrected chi connectivity index (χ3v) is 3.17. The number of carbonyl (C=O) groups is 3. The Morgan fingerprint density at radius 3 is 2.22 bits per heavy atom. The van der Waals surface area contributed by atoms with Crippen LogP contribution in [-0.4, -0.2) is 35.1 Å². The number of carboxylic acid groups (broad SMARTS) is 1. The van der Waals surface area contributed by atoms with Gasteiger partial charge in [-0.2, -0.15) is 0 Å². The van der Waals surface area contributed by atoms with Crippen LogP contribution in [0, 0.1) is 5.92 Å². The lowest BCUT2D eigenvalue weighted by atomic mass is 9.86. The summed E-state index contributed by atoms with van der Waals surface area (Å²) in [6.07, 6.45) is 2.42. The van der Waals surface area contributed by atoms with Gasteiger partial charge in [-0.25, -0.2) is 4.79 Å². The number of urea groups is 1. The van der Waals surface area contributed by atoms with Gasteiger partial charge in [0.05, 0.1) is 5.92 Å². The van der Waals surface area contributed by atoms with Crippen LogP contribution in [0.1, 0.15) is 32.6 Å². The van der Waals surface area contributed by atoms with Crippen LogP contribution in [0.2, 0.25) is 0 Å². The predicted octanol–water partition coefficient (Wildman–Crippen LogP) is -0.197. The molecule has 0 saturated heterocycles. The molecule has 1 rings (SSSR count). The van der Waals surface area contributed by atoms with E-state index in [1.54, 1.807) is 6.92 Å². The molecule has 1 atom stereocenters. The third kappa shape index (κ3) is 4.23. The molecule has 5 N–H and O–H groups in total. The number of nitrogens with two attached hydrogens (primary N) is 1. The van der Waals surface area contributed by atoms with Gasteiger partial charge in [0.1, 0.15) is 6.04 Å². The van der Waals surface area contributed by atoms with E-state index < -0.39 is 18.0 Å². The van der Waals surface area contributed by atoms with Crippen LogP contribution in [0.5, 0.6) is 0 Å². The lowest BCUT2D eigenvalue weighted by molar-refractivity contribution is -0.142. The fourth-order valence-corrected chi connectivity index (χ4v) is 2.09. The van der Waals surface area contributed by atoms with Crippen molar-refractivity contribution in [2.75, 3.05) is 0 Å². The summed E-state index contributed by atoms with van der Waals surface area (Å²) in [7, 11) is 0. The van der Waals surface area contributed by atoms with Crippen molar-refractivity contribution >= 4 is 17.9 Å². The van der Waals surface area contributed by atoms with Gasteiger partial charge in [0.2, 0.25) is 5.91 Å². The minimum Gasteiger partial charge on any atom is -0.481 e. The molecule has 1 unspecified atom stereocenters. The first-order valence-electron chi connectivity index (χ1n) is 5.99. The predicted molar refractivity (Wildman–Crippen MR) is 63.7 cm³/mol. The van der Waals surface area contributed by atoms with E-state index in [0.717, 1.165) is 0 Å². The molecule has 0 bridgehead atoms. The molecule has 0 aliphatic heterocycles. The smallest absolute Gasteiger partial charge is 0.312 e. The molecule has 18 heavy (non-hydrogen) atoms. The van der Waals surface area contributed by atoms with Gasteiger partial charge in [-0.05, 0) is 32.6 Å². The van der Waals surface area contributed by atoms with Gasteiger partial charge in [-0.15, -0.1) is 0 Å². The second-order valence-corrected chi connectivity index (χ2v) is 4.63. The average molecular weight is 257 g/mol. The molecule has 7 heteroatoms. The first-order chi connectivity index (χ1) is 8.40. The highest BCUT2D eigenvalue weighted by Gasteiger charge is 2.27. The maximum absolute atomic E-state index is 11.7. The fraction of sp³-hybridized carbons (Fsp3) is 0.727. The van der Waals surface area contributed by atoms with Crippen LogP contribution in [0.25, 0.3) is 0 Å². The van der Waals surface area contributed by atoms with Gasteiger partial charge in [-0.3, -0.25) is 9.59 Å². The summed E-state index contributed by atoms with van der Waals surface area (Å²) >= 11 is 0. The van der Waals surface area contributed by atoms with E-state index in [9.17, 15) is 14.4 Å². The monoisotopic (exact) mass is 257 g/mol. The molecule has 0 aromatic rings. The molecule has 0 radical (unpaired) electrons. The molecule has 0 aromatic heterocycles. The summed E-state index contributed by atoms with van der Waals surface area (Å²) in [5.41, 5.74) is 4.92. The standard InChI is InChI=1S/C11H19N3O4/c1-6(13-11(12)18)9(15)14-8-4-2-7(3-5-8)10(16)17/h6-8H,2-5H2,1H3,(H,14,15)(H,16,17)(H3,12,13,18). The second kappa shape index (κ2) is 6.23. The zero-order valence-corrected chi connectivity index (χ0v) is 10.3. The minimum atomic E-state index is -0.775. The summed E-state index contributed by atoms with van der Waals surface area (Å²) in [5, 5.41) is 13.9.